The molecule has 0 aliphatic carbocycles. The van der Waals surface area contributed by atoms with Crippen molar-refractivity contribution in [2.75, 3.05) is 7.11 Å². The smallest absolute Gasteiger partial charge is 0.347 e. The molecule has 0 heterocycles. The monoisotopic (exact) mass is 459 g/mol. The molecule has 0 unspecified atom stereocenters. The van der Waals surface area contributed by atoms with E-state index in [0.717, 1.165) is 0 Å². The van der Waals surface area contributed by atoms with Crippen molar-refractivity contribution in [1.29, 1.82) is 0 Å². The van der Waals surface area contributed by atoms with E-state index < -0.39 is 34.7 Å². The maximum atomic E-state index is 13.9. The number of hydrogen-bond acceptors (Lipinski definition) is 5. The number of carboxylic acids is 1. The van der Waals surface area contributed by atoms with Gasteiger partial charge in [0.25, 0.3) is 0 Å². The maximum absolute atomic E-state index is 13.9. The predicted octanol–water partition coefficient (Wildman–Crippen LogP) is 2.80. The Morgan fingerprint density at radius 2 is 1.80 bits per heavy atom. The number of benzene rings is 2. The second kappa shape index (κ2) is 7.60. The highest BCUT2D eigenvalue weighted by atomic mass is 127. The molecule has 2 aromatic rings. The summed E-state index contributed by atoms with van der Waals surface area (Å²) in [4.78, 5) is 23.4. The molecule has 0 aromatic heterocycles. The third-order valence-electron chi connectivity index (χ3n) is 3.19. The van der Waals surface area contributed by atoms with Gasteiger partial charge in [-0.2, -0.15) is 0 Å². The first-order chi connectivity index (χ1) is 11.8. The fraction of sp³-hybridized carbons (Fsp3) is 0.0588. The number of aromatic carboxylic acids is 1. The van der Waals surface area contributed by atoms with E-state index in [1.165, 1.54) is 19.3 Å². The van der Waals surface area contributed by atoms with Crippen LogP contribution in [0.15, 0.2) is 30.8 Å². The van der Waals surface area contributed by atoms with Gasteiger partial charge in [0.1, 0.15) is 17.2 Å². The standard InChI is InChI=1S/C17H11F2IO5/c1-3-8-6-11(20)15(12(7-8)24-2)25-17(23)14-10(19)5-4-9(18)13(14)16(21)22/h3-7H,1H2,2H3,(H,21,22)/p-1. The van der Waals surface area contributed by atoms with Crippen molar-refractivity contribution in [3.8, 4) is 11.5 Å². The Morgan fingerprint density at radius 3 is 2.32 bits per heavy atom. The van der Waals surface area contributed by atoms with Crippen LogP contribution in [0.4, 0.5) is 8.78 Å². The van der Waals surface area contributed by atoms with Gasteiger partial charge in [-0.1, -0.05) is 12.7 Å². The second-order valence-corrected chi connectivity index (χ2v) is 5.86. The number of carbonyl (C=O) groups excluding carboxylic acids is 2. The Labute approximate surface area is 155 Å². The second-order valence-electron chi connectivity index (χ2n) is 4.69. The molecule has 0 amide bonds. The van der Waals surface area contributed by atoms with Crippen molar-refractivity contribution in [3.63, 3.8) is 0 Å². The summed E-state index contributed by atoms with van der Waals surface area (Å²) in [5, 5.41) is 11.1. The zero-order chi connectivity index (χ0) is 18.7. The van der Waals surface area contributed by atoms with Crippen LogP contribution in [0.25, 0.3) is 6.08 Å². The van der Waals surface area contributed by atoms with E-state index in [9.17, 15) is 23.5 Å². The van der Waals surface area contributed by atoms with Gasteiger partial charge in [-0.15, -0.1) is 0 Å². The van der Waals surface area contributed by atoms with Gasteiger partial charge in [0.05, 0.1) is 22.2 Å². The molecule has 2 rings (SSSR count). The molecule has 25 heavy (non-hydrogen) atoms. The molecule has 0 atom stereocenters. The first kappa shape index (κ1) is 18.8. The minimum Gasteiger partial charge on any atom is -0.545 e. The fourth-order valence-electron chi connectivity index (χ4n) is 2.05. The summed E-state index contributed by atoms with van der Waals surface area (Å²) >= 11 is 1.85. The number of hydrogen-bond donors (Lipinski definition) is 0. The fourth-order valence-corrected chi connectivity index (χ4v) is 2.79. The summed E-state index contributed by atoms with van der Waals surface area (Å²) in [7, 11) is 1.32. The molecule has 0 fully saturated rings. The molecule has 0 spiro atoms. The maximum Gasteiger partial charge on any atom is 0.347 e. The first-order valence-corrected chi connectivity index (χ1v) is 7.79. The average molecular weight is 459 g/mol. The summed E-state index contributed by atoms with van der Waals surface area (Å²) in [6, 6.07) is 4.33. The molecule has 8 heteroatoms. The van der Waals surface area contributed by atoms with E-state index in [2.05, 4.69) is 6.58 Å². The highest BCUT2D eigenvalue weighted by Gasteiger charge is 2.25. The van der Waals surface area contributed by atoms with Gasteiger partial charge in [-0.25, -0.2) is 13.6 Å². The number of rotatable bonds is 5. The molecule has 0 saturated carbocycles. The van der Waals surface area contributed by atoms with Crippen LogP contribution in [0.5, 0.6) is 11.5 Å². The van der Waals surface area contributed by atoms with Crippen LogP contribution in [0, 0.1) is 15.2 Å². The lowest BCUT2D eigenvalue weighted by molar-refractivity contribution is -0.255. The molecule has 5 nitrogen and oxygen atoms in total. The molecule has 130 valence electrons. The summed E-state index contributed by atoms with van der Waals surface area (Å²) in [6.45, 7) is 3.61. The molecule has 0 aliphatic heterocycles. The van der Waals surface area contributed by atoms with E-state index in [4.69, 9.17) is 9.47 Å². The van der Waals surface area contributed by atoms with Crippen molar-refractivity contribution in [2.24, 2.45) is 0 Å². The lowest BCUT2D eigenvalue weighted by Gasteiger charge is -2.15. The van der Waals surface area contributed by atoms with Gasteiger partial charge < -0.3 is 19.4 Å². The number of methoxy groups -OCH3 is 1. The zero-order valence-corrected chi connectivity index (χ0v) is 14.9. The minimum atomic E-state index is -2.03. The van der Waals surface area contributed by atoms with Gasteiger partial charge in [-0.3, -0.25) is 0 Å². The number of carboxylic acid groups (broad SMARTS) is 1. The van der Waals surface area contributed by atoms with Crippen LogP contribution in [0.1, 0.15) is 26.3 Å². The van der Waals surface area contributed by atoms with Crippen LogP contribution in [0.3, 0.4) is 0 Å². The molecule has 0 aliphatic rings. The van der Waals surface area contributed by atoms with Crippen LogP contribution in [-0.2, 0) is 0 Å². The van der Waals surface area contributed by atoms with E-state index in [-0.39, 0.29) is 11.5 Å². The predicted molar refractivity (Wildman–Crippen MR) is 91.4 cm³/mol. The lowest BCUT2D eigenvalue weighted by atomic mass is 10.1. The van der Waals surface area contributed by atoms with Crippen molar-refractivity contribution < 1.29 is 33.0 Å². The Morgan fingerprint density at radius 1 is 1.20 bits per heavy atom. The van der Waals surface area contributed by atoms with Gasteiger partial charge in [-0.05, 0) is 52.4 Å². The Kier molecular flexibility index (Phi) is 5.73. The van der Waals surface area contributed by atoms with Gasteiger partial charge in [0.2, 0.25) is 0 Å². The topological polar surface area (TPSA) is 75.7 Å². The summed E-state index contributed by atoms with van der Waals surface area (Å²) < 4.78 is 38.2. The Hall–Kier alpha value is -2.49. The van der Waals surface area contributed by atoms with Crippen LogP contribution in [-0.4, -0.2) is 19.0 Å². The largest absolute Gasteiger partial charge is 0.545 e. The SMILES string of the molecule is C=Cc1cc(I)c(OC(=O)c2c(F)ccc(F)c2C(=O)[O-])c(OC)c1. The third-order valence-corrected chi connectivity index (χ3v) is 4.00. The van der Waals surface area contributed by atoms with E-state index >= 15 is 0 Å². The van der Waals surface area contributed by atoms with Gasteiger partial charge in [0.15, 0.2) is 11.5 Å². The number of carbonyl (C=O) groups is 2. The Balaban J connectivity index is 2.54. The third kappa shape index (κ3) is 3.78. The molecule has 0 bridgehead atoms. The highest BCUT2D eigenvalue weighted by molar-refractivity contribution is 14.1. The van der Waals surface area contributed by atoms with E-state index in [0.29, 0.717) is 21.3 Å². The van der Waals surface area contributed by atoms with Gasteiger partial charge >= 0.3 is 5.97 Å². The Bertz CT molecular complexity index is 880. The highest BCUT2D eigenvalue weighted by Crippen LogP contribution is 2.35. The van der Waals surface area contributed by atoms with E-state index in [1.807, 2.05) is 22.6 Å². The van der Waals surface area contributed by atoms with Crippen LogP contribution >= 0.6 is 22.6 Å². The summed E-state index contributed by atoms with van der Waals surface area (Å²) in [5.41, 5.74) is -1.60. The van der Waals surface area contributed by atoms with E-state index in [1.54, 1.807) is 6.07 Å². The zero-order valence-electron chi connectivity index (χ0n) is 12.8. The molecular weight excluding hydrogens is 449 g/mol. The van der Waals surface area contributed by atoms with Crippen LogP contribution in [0.2, 0.25) is 0 Å². The summed E-state index contributed by atoms with van der Waals surface area (Å²) in [6.07, 6.45) is 1.54. The number of esters is 1. The lowest BCUT2D eigenvalue weighted by Crippen LogP contribution is -2.28. The quantitative estimate of drug-likeness (QED) is 0.391. The minimum absolute atomic E-state index is 0.0633. The van der Waals surface area contributed by atoms with Crippen molar-refractivity contribution in [2.45, 2.75) is 0 Å². The average Bonchev–Trinajstić information content (AvgIpc) is 2.57. The molecule has 0 N–H and O–H groups in total. The molecule has 0 radical (unpaired) electrons. The van der Waals surface area contributed by atoms with Crippen LogP contribution < -0.4 is 14.6 Å². The molecular formula is C17H10F2IO5-. The normalized spacial score (nSPS) is 10.2. The van der Waals surface area contributed by atoms with Crippen molar-refractivity contribution in [3.05, 3.63) is 62.7 Å². The molecule has 2 aromatic carbocycles. The van der Waals surface area contributed by atoms with Crippen molar-refractivity contribution >= 4 is 40.6 Å². The first-order valence-electron chi connectivity index (χ1n) is 6.71. The number of halogens is 3. The summed E-state index contributed by atoms with van der Waals surface area (Å²) in [5.74, 6) is -5.90. The molecule has 0 saturated heterocycles. The van der Waals surface area contributed by atoms with Gasteiger partial charge in [0, 0.05) is 0 Å². The number of ether oxygens (including phenoxy) is 2. The van der Waals surface area contributed by atoms with Crippen molar-refractivity contribution in [1.82, 2.24) is 0 Å².